The summed E-state index contributed by atoms with van der Waals surface area (Å²) in [7, 11) is -3.95. The predicted octanol–water partition coefficient (Wildman–Crippen LogP) is 3.38. The zero-order valence-corrected chi connectivity index (χ0v) is 17.8. The quantitative estimate of drug-likeness (QED) is 0.726. The molecule has 2 aromatic rings. The van der Waals surface area contributed by atoms with Crippen LogP contribution in [0.2, 0.25) is 5.02 Å². The number of rotatable bonds is 6. The molecular formula is C19H18ClN3O4S2. The number of halogens is 1. The van der Waals surface area contributed by atoms with Crippen LogP contribution >= 0.6 is 23.4 Å². The molecule has 0 aromatic heterocycles. The zero-order chi connectivity index (χ0) is 21.0. The van der Waals surface area contributed by atoms with Crippen molar-refractivity contribution in [2.75, 3.05) is 11.9 Å². The Morgan fingerprint density at radius 2 is 1.83 bits per heavy atom. The van der Waals surface area contributed by atoms with Gasteiger partial charge in [0.15, 0.2) is 5.17 Å². The van der Waals surface area contributed by atoms with Crippen molar-refractivity contribution in [3.05, 3.63) is 59.6 Å². The van der Waals surface area contributed by atoms with E-state index in [1.165, 1.54) is 17.0 Å². The number of amidine groups is 1. The van der Waals surface area contributed by atoms with Crippen LogP contribution in [0.3, 0.4) is 0 Å². The largest absolute Gasteiger partial charge is 0.326 e. The van der Waals surface area contributed by atoms with Gasteiger partial charge in [0, 0.05) is 23.7 Å². The molecule has 1 heterocycles. The Kier molecular flexibility index (Phi) is 6.61. The van der Waals surface area contributed by atoms with Gasteiger partial charge in [0.25, 0.3) is 10.0 Å². The summed E-state index contributed by atoms with van der Waals surface area (Å²) in [6, 6.07) is 14.4. The minimum atomic E-state index is -3.95. The zero-order valence-electron chi connectivity index (χ0n) is 15.4. The number of anilines is 1. The number of amides is 2. The fourth-order valence-corrected chi connectivity index (χ4v) is 5.23. The molecule has 1 fully saturated rings. The maximum Gasteiger partial charge on any atom is 0.284 e. The van der Waals surface area contributed by atoms with Crippen molar-refractivity contribution in [2.24, 2.45) is 4.40 Å². The van der Waals surface area contributed by atoms with Gasteiger partial charge in [0.1, 0.15) is 5.25 Å². The van der Waals surface area contributed by atoms with Crippen LogP contribution in [0.4, 0.5) is 5.69 Å². The summed E-state index contributed by atoms with van der Waals surface area (Å²) in [5.41, 5.74) is 0.558. The topological polar surface area (TPSA) is 95.9 Å². The fourth-order valence-electron chi connectivity index (χ4n) is 2.66. The monoisotopic (exact) mass is 451 g/mol. The highest BCUT2D eigenvalue weighted by Crippen LogP contribution is 2.31. The second-order valence-electron chi connectivity index (χ2n) is 6.11. The Labute approximate surface area is 178 Å². The van der Waals surface area contributed by atoms with Gasteiger partial charge in [-0.25, -0.2) is 0 Å². The first-order valence-corrected chi connectivity index (χ1v) is 11.4. The predicted molar refractivity (Wildman–Crippen MR) is 115 cm³/mol. The Hall–Kier alpha value is -2.36. The molecule has 0 aliphatic carbocycles. The Morgan fingerprint density at radius 1 is 1.17 bits per heavy atom. The first-order chi connectivity index (χ1) is 13.8. The number of hydrogen-bond acceptors (Lipinski definition) is 5. The lowest BCUT2D eigenvalue weighted by molar-refractivity contribution is -0.128. The van der Waals surface area contributed by atoms with Crippen molar-refractivity contribution in [3.8, 4) is 0 Å². The molecule has 152 valence electrons. The van der Waals surface area contributed by atoms with Gasteiger partial charge in [-0.05, 0) is 43.3 Å². The van der Waals surface area contributed by atoms with E-state index in [1.54, 1.807) is 49.4 Å². The fraction of sp³-hybridized carbons (Fsp3) is 0.211. The van der Waals surface area contributed by atoms with Crippen molar-refractivity contribution in [3.63, 3.8) is 0 Å². The first-order valence-electron chi connectivity index (χ1n) is 8.73. The minimum Gasteiger partial charge on any atom is -0.326 e. The van der Waals surface area contributed by atoms with E-state index in [1.807, 2.05) is 0 Å². The Balaban J connectivity index is 1.74. The van der Waals surface area contributed by atoms with Gasteiger partial charge in [-0.1, -0.05) is 41.6 Å². The highest BCUT2D eigenvalue weighted by atomic mass is 35.5. The van der Waals surface area contributed by atoms with E-state index < -0.39 is 15.3 Å². The third-order valence-corrected chi connectivity index (χ3v) is 6.90. The summed E-state index contributed by atoms with van der Waals surface area (Å²) in [5.74, 6) is -0.702. The van der Waals surface area contributed by atoms with Crippen LogP contribution in [-0.2, 0) is 19.6 Å². The van der Waals surface area contributed by atoms with E-state index in [9.17, 15) is 18.0 Å². The van der Waals surface area contributed by atoms with Crippen LogP contribution in [0, 0.1) is 0 Å². The highest BCUT2D eigenvalue weighted by Gasteiger charge is 2.39. The average molecular weight is 452 g/mol. The third kappa shape index (κ3) is 5.17. The molecule has 3 rings (SSSR count). The molecular weight excluding hydrogens is 434 g/mol. The summed E-state index contributed by atoms with van der Waals surface area (Å²) < 4.78 is 28.9. The summed E-state index contributed by atoms with van der Waals surface area (Å²) in [6.45, 7) is 1.98. The molecule has 1 atom stereocenters. The van der Waals surface area contributed by atoms with E-state index >= 15 is 0 Å². The molecule has 29 heavy (non-hydrogen) atoms. The normalized spacial score (nSPS) is 18.3. The van der Waals surface area contributed by atoms with Gasteiger partial charge in [-0.2, -0.15) is 8.42 Å². The van der Waals surface area contributed by atoms with Crippen molar-refractivity contribution in [1.82, 2.24) is 4.90 Å². The van der Waals surface area contributed by atoms with E-state index in [2.05, 4.69) is 9.71 Å². The number of carbonyl (C=O) groups excluding carboxylic acids is 2. The highest BCUT2D eigenvalue weighted by molar-refractivity contribution is 8.16. The van der Waals surface area contributed by atoms with E-state index in [-0.39, 0.29) is 34.8 Å². The van der Waals surface area contributed by atoms with Crippen molar-refractivity contribution < 1.29 is 18.0 Å². The van der Waals surface area contributed by atoms with Crippen molar-refractivity contribution in [2.45, 2.75) is 23.5 Å². The molecule has 2 aromatic carbocycles. The standard InChI is InChI=1S/C19H18ClN3O4S2/c1-2-23-18(25)16(12-17(24)21-14-10-8-13(20)9-11-14)28-19(23)22-29(26,27)15-6-4-3-5-7-15/h3-11,16H,2,12H2,1H3,(H,21,24)/b22-19+. The van der Waals surface area contributed by atoms with Gasteiger partial charge in [-0.3, -0.25) is 14.5 Å². The Bertz CT molecular complexity index is 1040. The number of hydrogen-bond donors (Lipinski definition) is 1. The van der Waals surface area contributed by atoms with E-state index in [0.717, 1.165) is 11.8 Å². The lowest BCUT2D eigenvalue weighted by Gasteiger charge is -2.13. The molecule has 0 bridgehead atoms. The number of sulfonamides is 1. The van der Waals surface area contributed by atoms with E-state index in [4.69, 9.17) is 11.6 Å². The van der Waals surface area contributed by atoms with Crippen LogP contribution in [0.15, 0.2) is 63.9 Å². The van der Waals surface area contributed by atoms with Gasteiger partial charge in [0.05, 0.1) is 4.90 Å². The van der Waals surface area contributed by atoms with Gasteiger partial charge in [0.2, 0.25) is 11.8 Å². The van der Waals surface area contributed by atoms with Crippen molar-refractivity contribution in [1.29, 1.82) is 0 Å². The number of nitrogens with zero attached hydrogens (tertiary/aromatic N) is 2. The van der Waals surface area contributed by atoms with Gasteiger partial charge < -0.3 is 5.32 Å². The van der Waals surface area contributed by atoms with E-state index in [0.29, 0.717) is 10.7 Å². The average Bonchev–Trinajstić information content (AvgIpc) is 2.97. The van der Waals surface area contributed by atoms with Gasteiger partial charge >= 0.3 is 0 Å². The molecule has 0 saturated carbocycles. The summed E-state index contributed by atoms with van der Waals surface area (Å²) in [4.78, 5) is 26.3. The molecule has 1 aliphatic rings. The van der Waals surface area contributed by atoms with Crippen LogP contribution in [0.1, 0.15) is 13.3 Å². The molecule has 1 N–H and O–H groups in total. The second kappa shape index (κ2) is 8.98. The minimum absolute atomic E-state index is 0.0422. The molecule has 2 amide bonds. The van der Waals surface area contributed by atoms with Crippen LogP contribution in [0.5, 0.6) is 0 Å². The molecule has 7 nitrogen and oxygen atoms in total. The van der Waals surface area contributed by atoms with Crippen LogP contribution in [0.25, 0.3) is 0 Å². The third-order valence-electron chi connectivity index (χ3n) is 4.07. The SMILES string of the molecule is CCN1C(=O)C(CC(=O)Nc2ccc(Cl)cc2)S/C1=N/S(=O)(=O)c1ccccc1. The first kappa shape index (κ1) is 21.4. The maximum absolute atomic E-state index is 12.6. The molecule has 10 heteroatoms. The molecule has 1 unspecified atom stereocenters. The number of nitrogens with one attached hydrogen (secondary N) is 1. The number of benzene rings is 2. The smallest absolute Gasteiger partial charge is 0.284 e. The molecule has 0 spiro atoms. The Morgan fingerprint density at radius 3 is 2.45 bits per heavy atom. The second-order valence-corrected chi connectivity index (χ2v) is 9.32. The maximum atomic E-state index is 12.6. The number of thioether (sulfide) groups is 1. The molecule has 1 aliphatic heterocycles. The summed E-state index contributed by atoms with van der Waals surface area (Å²) >= 11 is 6.80. The van der Waals surface area contributed by atoms with Crippen LogP contribution < -0.4 is 5.32 Å². The molecule has 1 saturated heterocycles. The summed E-state index contributed by atoms with van der Waals surface area (Å²) in [5, 5.41) is 2.57. The lowest BCUT2D eigenvalue weighted by Crippen LogP contribution is -2.33. The summed E-state index contributed by atoms with van der Waals surface area (Å²) in [6.07, 6.45) is -0.104. The lowest BCUT2D eigenvalue weighted by atomic mass is 10.2. The number of carbonyl (C=O) groups is 2. The van der Waals surface area contributed by atoms with Gasteiger partial charge in [-0.15, -0.1) is 4.40 Å². The molecule has 0 radical (unpaired) electrons. The van der Waals surface area contributed by atoms with Crippen molar-refractivity contribution >= 4 is 56.1 Å². The van der Waals surface area contributed by atoms with Crippen LogP contribution in [-0.4, -0.2) is 42.1 Å².